The van der Waals surface area contributed by atoms with E-state index >= 15 is 0 Å². The fourth-order valence-electron chi connectivity index (χ4n) is 3.70. The number of para-hydroxylation sites is 1. The van der Waals surface area contributed by atoms with Gasteiger partial charge in [0.05, 0.1) is 19.3 Å². The number of rotatable bonds is 9. The number of hydrogen-bond donors (Lipinski definition) is 1. The monoisotopic (exact) mass is 414 g/mol. The van der Waals surface area contributed by atoms with E-state index in [-0.39, 0.29) is 6.04 Å². The maximum Gasteiger partial charge on any atom is 0.166 e. The Bertz CT molecular complexity index is 844. The van der Waals surface area contributed by atoms with Gasteiger partial charge in [0.2, 0.25) is 0 Å². The minimum Gasteiger partial charge on any atom is -0.493 e. The molecule has 1 aliphatic rings. The van der Waals surface area contributed by atoms with Crippen LogP contribution in [-0.2, 0) is 13.0 Å². The van der Waals surface area contributed by atoms with Gasteiger partial charge >= 0.3 is 0 Å². The first-order valence-electron chi connectivity index (χ1n) is 9.80. The number of ether oxygens (including phenoxy) is 2. The van der Waals surface area contributed by atoms with Gasteiger partial charge in [-0.25, -0.2) is 4.98 Å². The first-order chi connectivity index (χ1) is 13.8. The van der Waals surface area contributed by atoms with Crippen molar-refractivity contribution >= 4 is 22.7 Å². The van der Waals surface area contributed by atoms with Crippen molar-refractivity contribution < 1.29 is 9.47 Å². The Labute approximate surface area is 174 Å². The van der Waals surface area contributed by atoms with E-state index in [1.54, 1.807) is 29.8 Å². The van der Waals surface area contributed by atoms with Gasteiger partial charge in [0, 0.05) is 23.7 Å². The zero-order valence-electron chi connectivity index (χ0n) is 16.1. The molecule has 0 amide bonds. The summed E-state index contributed by atoms with van der Waals surface area (Å²) in [6, 6.07) is 8.52. The number of nitrogens with zero attached hydrogens (tertiary/aromatic N) is 1. The van der Waals surface area contributed by atoms with Crippen molar-refractivity contribution in [3.05, 3.63) is 62.7 Å². The highest BCUT2D eigenvalue weighted by Crippen LogP contribution is 2.35. The van der Waals surface area contributed by atoms with Crippen LogP contribution in [0.1, 0.15) is 47.9 Å². The molecular formula is C22H26N2O2S2. The Balaban J connectivity index is 1.51. The number of aromatic nitrogens is 1. The molecule has 2 aromatic heterocycles. The molecule has 0 spiro atoms. The molecule has 3 aromatic rings. The second-order valence-corrected chi connectivity index (χ2v) is 8.82. The van der Waals surface area contributed by atoms with Crippen LogP contribution in [0.4, 0.5) is 0 Å². The first kappa shape index (κ1) is 19.4. The van der Waals surface area contributed by atoms with Gasteiger partial charge in [0.15, 0.2) is 11.5 Å². The van der Waals surface area contributed by atoms with Crippen molar-refractivity contribution in [3.8, 4) is 11.5 Å². The quantitative estimate of drug-likeness (QED) is 0.494. The predicted molar refractivity (Wildman–Crippen MR) is 116 cm³/mol. The van der Waals surface area contributed by atoms with Gasteiger partial charge < -0.3 is 14.8 Å². The lowest BCUT2D eigenvalue weighted by Crippen LogP contribution is -2.23. The van der Waals surface area contributed by atoms with Crippen molar-refractivity contribution in [1.29, 1.82) is 0 Å². The minimum absolute atomic E-state index is 0.181. The maximum atomic E-state index is 6.38. The topological polar surface area (TPSA) is 43.4 Å². The molecule has 4 nitrogen and oxygen atoms in total. The molecule has 6 heteroatoms. The van der Waals surface area contributed by atoms with Gasteiger partial charge in [-0.15, -0.1) is 11.3 Å². The molecule has 0 aliphatic heterocycles. The average Bonchev–Trinajstić information content (AvgIpc) is 3.49. The van der Waals surface area contributed by atoms with Crippen molar-refractivity contribution in [3.63, 3.8) is 0 Å². The van der Waals surface area contributed by atoms with E-state index in [2.05, 4.69) is 33.2 Å². The van der Waals surface area contributed by atoms with Gasteiger partial charge in [-0.2, -0.15) is 11.3 Å². The molecule has 2 heterocycles. The standard InChI is InChI=1S/C22H26N2O2S2/c1-25-20-8-4-5-17(21(20)26-18-6-2-3-7-18)14-24-19(22-23-10-12-28-22)13-16-9-11-27-15-16/h4-5,8-12,15,18-19,24H,2-3,6-7,13-14H2,1H3. The summed E-state index contributed by atoms with van der Waals surface area (Å²) in [4.78, 5) is 4.55. The van der Waals surface area contributed by atoms with Gasteiger partial charge in [-0.3, -0.25) is 0 Å². The van der Waals surface area contributed by atoms with E-state index < -0.39 is 0 Å². The Morgan fingerprint density at radius 3 is 2.82 bits per heavy atom. The molecule has 1 fully saturated rings. The first-order valence-corrected chi connectivity index (χ1v) is 11.6. The third-order valence-electron chi connectivity index (χ3n) is 5.18. The predicted octanol–water partition coefficient (Wildman–Crippen LogP) is 5.61. The van der Waals surface area contributed by atoms with Crippen LogP contribution in [0.5, 0.6) is 11.5 Å². The van der Waals surface area contributed by atoms with Gasteiger partial charge in [0.25, 0.3) is 0 Å². The number of nitrogens with one attached hydrogen (secondary N) is 1. The second kappa shape index (κ2) is 9.54. The Morgan fingerprint density at radius 2 is 2.11 bits per heavy atom. The molecule has 4 rings (SSSR count). The summed E-state index contributed by atoms with van der Waals surface area (Å²) in [5.41, 5.74) is 2.48. The van der Waals surface area contributed by atoms with Crippen LogP contribution in [0.15, 0.2) is 46.6 Å². The van der Waals surface area contributed by atoms with Crippen LogP contribution in [0.25, 0.3) is 0 Å². The molecule has 1 saturated carbocycles. The molecule has 0 bridgehead atoms. The summed E-state index contributed by atoms with van der Waals surface area (Å²) in [7, 11) is 1.71. The molecule has 0 radical (unpaired) electrons. The zero-order valence-corrected chi connectivity index (χ0v) is 17.7. The highest BCUT2D eigenvalue weighted by atomic mass is 32.1. The number of benzene rings is 1. The van der Waals surface area contributed by atoms with E-state index in [4.69, 9.17) is 9.47 Å². The molecule has 1 unspecified atom stereocenters. The molecule has 1 aromatic carbocycles. The zero-order chi connectivity index (χ0) is 19.2. The third-order valence-corrected chi connectivity index (χ3v) is 6.80. The van der Waals surface area contributed by atoms with Crippen LogP contribution >= 0.6 is 22.7 Å². The van der Waals surface area contributed by atoms with Crippen LogP contribution in [0.2, 0.25) is 0 Å². The van der Waals surface area contributed by atoms with Crippen molar-refractivity contribution in [2.24, 2.45) is 0 Å². The summed E-state index contributed by atoms with van der Waals surface area (Å²) >= 11 is 3.44. The number of hydrogen-bond acceptors (Lipinski definition) is 6. The minimum atomic E-state index is 0.181. The fraction of sp³-hybridized carbons (Fsp3) is 0.409. The molecule has 1 N–H and O–H groups in total. The SMILES string of the molecule is COc1cccc(CNC(Cc2ccsc2)c2nccs2)c1OC1CCCC1. The molecule has 148 valence electrons. The summed E-state index contributed by atoms with van der Waals surface area (Å²) in [5.74, 6) is 1.70. The third kappa shape index (κ3) is 4.74. The molecule has 1 atom stereocenters. The number of thiazole rings is 1. The summed E-state index contributed by atoms with van der Waals surface area (Å²) in [5, 5.41) is 11.2. The molecule has 0 saturated heterocycles. The lowest BCUT2D eigenvalue weighted by molar-refractivity contribution is 0.198. The van der Waals surface area contributed by atoms with Crippen molar-refractivity contribution in [1.82, 2.24) is 10.3 Å². The molecule has 1 aliphatic carbocycles. The van der Waals surface area contributed by atoms with Gasteiger partial charge in [-0.1, -0.05) is 12.1 Å². The summed E-state index contributed by atoms with van der Waals surface area (Å²) < 4.78 is 12.0. The Hall–Kier alpha value is -1.89. The van der Waals surface area contributed by atoms with Crippen LogP contribution < -0.4 is 14.8 Å². The smallest absolute Gasteiger partial charge is 0.166 e. The Kier molecular flexibility index (Phi) is 6.62. The largest absolute Gasteiger partial charge is 0.493 e. The van der Waals surface area contributed by atoms with E-state index in [9.17, 15) is 0 Å². The van der Waals surface area contributed by atoms with Crippen LogP contribution in [0, 0.1) is 0 Å². The van der Waals surface area contributed by atoms with E-state index in [1.165, 1.54) is 18.4 Å². The Morgan fingerprint density at radius 1 is 1.21 bits per heavy atom. The van der Waals surface area contributed by atoms with Crippen molar-refractivity contribution in [2.75, 3.05) is 7.11 Å². The molecular weight excluding hydrogens is 388 g/mol. The van der Waals surface area contributed by atoms with Crippen LogP contribution in [-0.4, -0.2) is 18.2 Å². The molecule has 28 heavy (non-hydrogen) atoms. The van der Waals surface area contributed by atoms with Gasteiger partial charge in [-0.05, 0) is 60.6 Å². The lowest BCUT2D eigenvalue weighted by atomic mass is 10.1. The number of thiophene rings is 1. The maximum absolute atomic E-state index is 6.38. The lowest BCUT2D eigenvalue weighted by Gasteiger charge is -2.21. The summed E-state index contributed by atoms with van der Waals surface area (Å²) in [6.45, 7) is 0.716. The van der Waals surface area contributed by atoms with Gasteiger partial charge in [0.1, 0.15) is 5.01 Å². The van der Waals surface area contributed by atoms with E-state index in [0.717, 1.165) is 41.3 Å². The van der Waals surface area contributed by atoms with E-state index in [0.29, 0.717) is 12.6 Å². The highest BCUT2D eigenvalue weighted by Gasteiger charge is 2.21. The second-order valence-electron chi connectivity index (χ2n) is 7.11. The summed E-state index contributed by atoms with van der Waals surface area (Å²) in [6.07, 6.45) is 7.87. The number of methoxy groups -OCH3 is 1. The van der Waals surface area contributed by atoms with Crippen molar-refractivity contribution in [2.45, 2.75) is 50.8 Å². The van der Waals surface area contributed by atoms with E-state index in [1.807, 2.05) is 23.7 Å². The fourth-order valence-corrected chi connectivity index (χ4v) is 5.09. The highest BCUT2D eigenvalue weighted by molar-refractivity contribution is 7.09. The average molecular weight is 415 g/mol. The normalized spacial score (nSPS) is 15.6. The van der Waals surface area contributed by atoms with Crippen LogP contribution in [0.3, 0.4) is 0 Å².